The number of pyridine rings is 1. The average Bonchev–Trinajstić information content (AvgIpc) is 2.47. The summed E-state index contributed by atoms with van der Waals surface area (Å²) in [5.74, 6) is 0. The molecule has 1 aromatic carbocycles. The average molecular weight is 404 g/mol. The van der Waals surface area contributed by atoms with Crippen molar-refractivity contribution < 1.29 is 5.11 Å². The molecule has 0 spiro atoms. The molecule has 1 aliphatic carbocycles. The summed E-state index contributed by atoms with van der Waals surface area (Å²) in [6.45, 7) is 0. The van der Waals surface area contributed by atoms with Crippen LogP contribution in [0.3, 0.4) is 0 Å². The van der Waals surface area contributed by atoms with E-state index in [0.29, 0.717) is 5.02 Å². The van der Waals surface area contributed by atoms with Crippen molar-refractivity contribution in [2.45, 2.75) is 18.9 Å². The first-order valence-electron chi connectivity index (χ1n) is 5.86. The zero-order valence-electron chi connectivity index (χ0n) is 9.83. The third-order valence-corrected chi connectivity index (χ3v) is 4.65. The largest absolute Gasteiger partial charge is 0.382 e. The van der Waals surface area contributed by atoms with Crippen molar-refractivity contribution in [1.82, 2.24) is 4.98 Å². The standard InChI is InChI=1S/C14H10Br2ClNO/c15-9-3-8-2-1-7-4-10(17)5-11(16)12(7)14(19)13(8)18-6-9/h3-6,14,19H,1-2H2. The highest BCUT2D eigenvalue weighted by Gasteiger charge is 2.25. The lowest BCUT2D eigenvalue weighted by Gasteiger charge is -2.15. The summed E-state index contributed by atoms with van der Waals surface area (Å²) in [6.07, 6.45) is 2.69. The predicted octanol–water partition coefficient (Wildman–Crippen LogP) is 4.44. The van der Waals surface area contributed by atoms with Crippen molar-refractivity contribution in [3.63, 3.8) is 0 Å². The van der Waals surface area contributed by atoms with Gasteiger partial charge >= 0.3 is 0 Å². The number of rotatable bonds is 0. The Bertz CT molecular complexity index is 660. The van der Waals surface area contributed by atoms with Gasteiger partial charge in [0.15, 0.2) is 0 Å². The molecule has 0 bridgehead atoms. The van der Waals surface area contributed by atoms with Crippen molar-refractivity contribution in [3.05, 3.63) is 60.7 Å². The second-order valence-corrected chi connectivity index (χ2v) is 6.77. The topological polar surface area (TPSA) is 33.1 Å². The number of aliphatic hydroxyl groups excluding tert-OH is 1. The van der Waals surface area contributed by atoms with Gasteiger partial charge in [-0.2, -0.15) is 0 Å². The minimum atomic E-state index is -0.716. The van der Waals surface area contributed by atoms with E-state index in [-0.39, 0.29) is 0 Å². The molecule has 2 aromatic rings. The first-order chi connectivity index (χ1) is 9.06. The number of benzene rings is 1. The second-order valence-electron chi connectivity index (χ2n) is 4.56. The van der Waals surface area contributed by atoms with E-state index in [9.17, 15) is 5.11 Å². The fraction of sp³-hybridized carbons (Fsp3) is 0.214. The number of aromatic nitrogens is 1. The SMILES string of the molecule is OC1c2ncc(Br)cc2CCc2cc(Cl)cc(Br)c21. The fourth-order valence-corrected chi connectivity index (χ4v) is 3.96. The van der Waals surface area contributed by atoms with Gasteiger partial charge in [0.1, 0.15) is 6.10 Å². The van der Waals surface area contributed by atoms with Crippen LogP contribution in [0.2, 0.25) is 5.02 Å². The summed E-state index contributed by atoms with van der Waals surface area (Å²) < 4.78 is 1.77. The van der Waals surface area contributed by atoms with Gasteiger partial charge in [0.05, 0.1) is 5.69 Å². The molecule has 2 nitrogen and oxygen atoms in total. The van der Waals surface area contributed by atoms with E-state index >= 15 is 0 Å². The number of halogens is 3. The van der Waals surface area contributed by atoms with Crippen LogP contribution < -0.4 is 0 Å². The molecule has 3 rings (SSSR count). The molecule has 1 aliphatic rings. The Hall–Kier alpha value is -0.420. The molecule has 1 unspecified atom stereocenters. The molecule has 1 N–H and O–H groups in total. The molecule has 5 heteroatoms. The lowest BCUT2D eigenvalue weighted by atomic mass is 10.0. The van der Waals surface area contributed by atoms with Gasteiger partial charge in [-0.15, -0.1) is 0 Å². The summed E-state index contributed by atoms with van der Waals surface area (Å²) in [5, 5.41) is 11.3. The lowest BCUT2D eigenvalue weighted by Crippen LogP contribution is -2.06. The predicted molar refractivity (Wildman–Crippen MR) is 82.6 cm³/mol. The highest BCUT2D eigenvalue weighted by Crippen LogP contribution is 2.38. The highest BCUT2D eigenvalue weighted by atomic mass is 79.9. The van der Waals surface area contributed by atoms with Crippen LogP contribution in [0.1, 0.15) is 28.5 Å². The first kappa shape index (κ1) is 13.6. The maximum Gasteiger partial charge on any atom is 0.123 e. The van der Waals surface area contributed by atoms with E-state index in [1.807, 2.05) is 18.2 Å². The second kappa shape index (κ2) is 5.17. The third-order valence-electron chi connectivity index (χ3n) is 3.34. The van der Waals surface area contributed by atoms with Crippen molar-refractivity contribution in [2.75, 3.05) is 0 Å². The van der Waals surface area contributed by atoms with Crippen LogP contribution in [0.15, 0.2) is 33.3 Å². The molecule has 0 saturated carbocycles. The van der Waals surface area contributed by atoms with E-state index in [4.69, 9.17) is 11.6 Å². The van der Waals surface area contributed by atoms with Crippen molar-refractivity contribution >= 4 is 43.5 Å². The van der Waals surface area contributed by atoms with E-state index < -0.39 is 6.10 Å². The minimum Gasteiger partial charge on any atom is -0.382 e. The zero-order chi connectivity index (χ0) is 13.6. The van der Waals surface area contributed by atoms with Crippen LogP contribution in [0.4, 0.5) is 0 Å². The van der Waals surface area contributed by atoms with Gasteiger partial charge in [0.2, 0.25) is 0 Å². The quantitative estimate of drug-likeness (QED) is 0.706. The van der Waals surface area contributed by atoms with Crippen molar-refractivity contribution in [3.8, 4) is 0 Å². The molecule has 0 aliphatic heterocycles. The van der Waals surface area contributed by atoms with Gasteiger partial charge in [0.25, 0.3) is 0 Å². The molecule has 0 amide bonds. The molecular weight excluding hydrogens is 393 g/mol. The smallest absolute Gasteiger partial charge is 0.123 e. The van der Waals surface area contributed by atoms with E-state index in [2.05, 4.69) is 36.8 Å². The first-order valence-corrected chi connectivity index (χ1v) is 7.83. The van der Waals surface area contributed by atoms with Gasteiger partial charge in [-0.3, -0.25) is 4.98 Å². The zero-order valence-corrected chi connectivity index (χ0v) is 13.8. The molecule has 0 radical (unpaired) electrons. The summed E-state index contributed by atoms with van der Waals surface area (Å²) in [4.78, 5) is 4.37. The Kier molecular flexibility index (Phi) is 3.69. The molecule has 0 fully saturated rings. The summed E-state index contributed by atoms with van der Waals surface area (Å²) in [7, 11) is 0. The van der Waals surface area contributed by atoms with Gasteiger partial charge < -0.3 is 5.11 Å². The highest BCUT2D eigenvalue weighted by molar-refractivity contribution is 9.10. The number of aliphatic hydroxyl groups is 1. The van der Waals surface area contributed by atoms with Gasteiger partial charge in [-0.05, 0) is 58.1 Å². The number of aryl methyl sites for hydroxylation is 2. The number of fused-ring (bicyclic) bond motifs is 2. The van der Waals surface area contributed by atoms with Gasteiger partial charge in [-0.25, -0.2) is 0 Å². The maximum absolute atomic E-state index is 10.6. The van der Waals surface area contributed by atoms with E-state index in [0.717, 1.165) is 44.2 Å². The van der Waals surface area contributed by atoms with Crippen molar-refractivity contribution in [2.24, 2.45) is 0 Å². The number of hydrogen-bond acceptors (Lipinski definition) is 2. The van der Waals surface area contributed by atoms with Gasteiger partial charge in [-0.1, -0.05) is 27.5 Å². The summed E-state index contributed by atoms with van der Waals surface area (Å²) in [6, 6.07) is 5.76. The number of hydrogen-bond donors (Lipinski definition) is 1. The van der Waals surface area contributed by atoms with E-state index in [1.165, 1.54) is 0 Å². The monoisotopic (exact) mass is 401 g/mol. The summed E-state index contributed by atoms with van der Waals surface area (Å²) >= 11 is 13.0. The van der Waals surface area contributed by atoms with Crippen LogP contribution >= 0.6 is 43.5 Å². The van der Waals surface area contributed by atoms with Crippen molar-refractivity contribution in [1.29, 1.82) is 0 Å². The van der Waals surface area contributed by atoms with Crippen LogP contribution in [0, 0.1) is 0 Å². The molecule has 0 saturated heterocycles. The third kappa shape index (κ3) is 2.47. The van der Waals surface area contributed by atoms with Crippen LogP contribution in [-0.4, -0.2) is 10.1 Å². The molecule has 1 aromatic heterocycles. The molecule has 1 heterocycles. The Labute approximate surface area is 133 Å². The Morgan fingerprint density at radius 1 is 1.16 bits per heavy atom. The Morgan fingerprint density at radius 2 is 1.89 bits per heavy atom. The lowest BCUT2D eigenvalue weighted by molar-refractivity contribution is 0.214. The number of nitrogens with zero attached hydrogens (tertiary/aromatic N) is 1. The molecular formula is C14H10Br2ClNO. The molecule has 19 heavy (non-hydrogen) atoms. The van der Waals surface area contributed by atoms with Crippen LogP contribution in [0.5, 0.6) is 0 Å². The Morgan fingerprint density at radius 3 is 2.68 bits per heavy atom. The fourth-order valence-electron chi connectivity index (χ4n) is 2.50. The molecule has 98 valence electrons. The van der Waals surface area contributed by atoms with Crippen LogP contribution in [0.25, 0.3) is 0 Å². The van der Waals surface area contributed by atoms with Gasteiger partial charge in [0, 0.05) is 25.7 Å². The maximum atomic E-state index is 10.6. The molecule has 1 atom stereocenters. The Balaban J connectivity index is 2.20. The van der Waals surface area contributed by atoms with E-state index in [1.54, 1.807) is 6.20 Å². The normalized spacial score (nSPS) is 17.6. The minimum absolute atomic E-state index is 0.679. The summed E-state index contributed by atoms with van der Waals surface area (Å²) in [5.41, 5.74) is 3.74. The van der Waals surface area contributed by atoms with Crippen LogP contribution in [-0.2, 0) is 12.8 Å².